The summed E-state index contributed by atoms with van der Waals surface area (Å²) in [6.07, 6.45) is 0.772. The molecule has 0 fully saturated rings. The van der Waals surface area contributed by atoms with Gasteiger partial charge in [-0.05, 0) is 75.2 Å². The molecule has 1 heterocycles. The van der Waals surface area contributed by atoms with Crippen molar-refractivity contribution in [1.29, 1.82) is 0 Å². The molecule has 0 saturated carbocycles. The maximum Gasteiger partial charge on any atom is 0.412 e. The monoisotopic (exact) mass is 513 g/mol. The van der Waals surface area contributed by atoms with Crippen LogP contribution in [0, 0.1) is 6.92 Å². The third kappa shape index (κ3) is 7.53. The molecule has 35 heavy (non-hydrogen) atoms. The van der Waals surface area contributed by atoms with Crippen LogP contribution >= 0.6 is 23.2 Å². The van der Waals surface area contributed by atoms with Crippen molar-refractivity contribution in [2.24, 2.45) is 0 Å². The van der Waals surface area contributed by atoms with Crippen LogP contribution in [-0.4, -0.2) is 28.4 Å². The minimum atomic E-state index is -0.638. The van der Waals surface area contributed by atoms with Crippen molar-refractivity contribution in [2.45, 2.75) is 39.7 Å². The first-order valence-electron chi connectivity index (χ1n) is 10.8. The summed E-state index contributed by atoms with van der Waals surface area (Å²) in [5, 5.41) is 6.16. The van der Waals surface area contributed by atoms with Gasteiger partial charge in [-0.1, -0.05) is 35.3 Å². The molecule has 0 aliphatic heterocycles. The molecule has 1 aromatic heterocycles. The molecule has 0 radical (unpaired) electrons. The number of rotatable bonds is 6. The van der Waals surface area contributed by atoms with Crippen LogP contribution in [0.1, 0.15) is 52.7 Å². The van der Waals surface area contributed by atoms with Crippen LogP contribution in [0.4, 0.5) is 16.2 Å². The van der Waals surface area contributed by atoms with Gasteiger partial charge in [0.05, 0.1) is 16.3 Å². The quantitative estimate of drug-likeness (QED) is 0.356. The van der Waals surface area contributed by atoms with E-state index >= 15 is 0 Å². The fraction of sp³-hybridized carbons (Fsp3) is 0.231. The summed E-state index contributed by atoms with van der Waals surface area (Å²) in [4.78, 5) is 41.2. The Balaban J connectivity index is 1.61. The molecule has 182 valence electrons. The highest BCUT2D eigenvalue weighted by Crippen LogP contribution is 2.25. The van der Waals surface area contributed by atoms with Gasteiger partial charge in [-0.25, -0.2) is 4.79 Å². The summed E-state index contributed by atoms with van der Waals surface area (Å²) >= 11 is 12.4. The molecule has 0 saturated heterocycles. The second-order valence-corrected chi connectivity index (χ2v) is 9.71. The van der Waals surface area contributed by atoms with Gasteiger partial charge in [0.1, 0.15) is 11.3 Å². The molecule has 0 bridgehead atoms. The van der Waals surface area contributed by atoms with Crippen molar-refractivity contribution in [3.05, 3.63) is 87.2 Å². The first kappa shape index (κ1) is 26.2. The number of carbonyl (C=O) groups excluding carboxylic acids is 3. The number of aromatic nitrogens is 1. The number of hydrogen-bond donors (Lipinski definition) is 2. The summed E-state index contributed by atoms with van der Waals surface area (Å²) < 4.78 is 5.21. The zero-order valence-electron chi connectivity index (χ0n) is 19.7. The van der Waals surface area contributed by atoms with Crippen LogP contribution in [0.2, 0.25) is 10.0 Å². The maximum atomic E-state index is 12.7. The highest BCUT2D eigenvalue weighted by molar-refractivity contribution is 6.33. The minimum Gasteiger partial charge on any atom is -0.444 e. The summed E-state index contributed by atoms with van der Waals surface area (Å²) in [6, 6.07) is 13.2. The molecule has 0 spiro atoms. The minimum absolute atomic E-state index is 0.0485. The van der Waals surface area contributed by atoms with Gasteiger partial charge in [0.25, 0.3) is 5.91 Å². The van der Waals surface area contributed by atoms with Crippen molar-refractivity contribution < 1.29 is 19.1 Å². The van der Waals surface area contributed by atoms with E-state index in [0.29, 0.717) is 27.5 Å². The second-order valence-electron chi connectivity index (χ2n) is 8.89. The Kier molecular flexibility index (Phi) is 8.14. The molecule has 0 aliphatic carbocycles. The lowest BCUT2D eigenvalue weighted by molar-refractivity contribution is 0.0635. The maximum absolute atomic E-state index is 12.7. The number of carbonyl (C=O) groups is 3. The van der Waals surface area contributed by atoms with Crippen LogP contribution in [0.15, 0.2) is 54.7 Å². The van der Waals surface area contributed by atoms with E-state index in [2.05, 4.69) is 15.6 Å². The van der Waals surface area contributed by atoms with Crippen molar-refractivity contribution in [3.63, 3.8) is 0 Å². The van der Waals surface area contributed by atoms with Gasteiger partial charge in [0.2, 0.25) is 0 Å². The van der Waals surface area contributed by atoms with Crippen molar-refractivity contribution in [2.75, 3.05) is 10.6 Å². The highest BCUT2D eigenvalue weighted by atomic mass is 35.5. The van der Waals surface area contributed by atoms with Crippen LogP contribution in [0.5, 0.6) is 0 Å². The molecule has 2 aromatic carbocycles. The third-order valence-electron chi connectivity index (χ3n) is 4.77. The fourth-order valence-electron chi connectivity index (χ4n) is 3.03. The zero-order chi connectivity index (χ0) is 25.8. The number of anilines is 2. The van der Waals surface area contributed by atoms with Gasteiger partial charge in [0.15, 0.2) is 5.78 Å². The number of ether oxygens (including phenoxy) is 1. The van der Waals surface area contributed by atoms with Crippen LogP contribution in [0.25, 0.3) is 0 Å². The lowest BCUT2D eigenvalue weighted by Gasteiger charge is -2.20. The van der Waals surface area contributed by atoms with E-state index in [9.17, 15) is 14.4 Å². The molecule has 0 aliphatic rings. The molecule has 7 nitrogen and oxygen atoms in total. The molecule has 2 amide bonds. The van der Waals surface area contributed by atoms with E-state index in [1.54, 1.807) is 51.1 Å². The SMILES string of the molecule is Cc1ccc(NC(=O)c2ccc(C(=O)Cc3ccc(NC(=O)OC(C)(C)C)c(Cl)c3)nc2)cc1Cl. The Labute approximate surface area is 213 Å². The summed E-state index contributed by atoms with van der Waals surface area (Å²) in [7, 11) is 0. The zero-order valence-corrected chi connectivity index (χ0v) is 21.3. The van der Waals surface area contributed by atoms with E-state index in [1.165, 1.54) is 18.3 Å². The molecular formula is C26H25Cl2N3O4. The smallest absolute Gasteiger partial charge is 0.412 e. The topological polar surface area (TPSA) is 97.4 Å². The molecule has 0 atom stereocenters. The second kappa shape index (κ2) is 10.9. The van der Waals surface area contributed by atoms with Gasteiger partial charge in [-0.2, -0.15) is 0 Å². The summed E-state index contributed by atoms with van der Waals surface area (Å²) in [6.45, 7) is 7.15. The van der Waals surface area contributed by atoms with Crippen molar-refractivity contribution in [1.82, 2.24) is 4.98 Å². The average Bonchev–Trinajstić information content (AvgIpc) is 2.77. The Hall–Kier alpha value is -3.42. The van der Waals surface area contributed by atoms with E-state index in [0.717, 1.165) is 5.56 Å². The number of aryl methyl sites for hydroxylation is 1. The lowest BCUT2D eigenvalue weighted by atomic mass is 10.1. The number of nitrogens with one attached hydrogen (secondary N) is 2. The Morgan fingerprint density at radius 3 is 2.29 bits per heavy atom. The normalized spacial score (nSPS) is 11.0. The van der Waals surface area contributed by atoms with Gasteiger partial charge in [0, 0.05) is 23.3 Å². The summed E-state index contributed by atoms with van der Waals surface area (Å²) in [5.74, 6) is -0.609. The van der Waals surface area contributed by atoms with E-state index in [1.807, 2.05) is 13.0 Å². The molecule has 3 aromatic rings. The largest absolute Gasteiger partial charge is 0.444 e. The lowest BCUT2D eigenvalue weighted by Crippen LogP contribution is -2.27. The first-order valence-corrected chi connectivity index (χ1v) is 11.5. The van der Waals surface area contributed by atoms with E-state index in [4.69, 9.17) is 27.9 Å². The number of hydrogen-bond acceptors (Lipinski definition) is 5. The standard InChI is InChI=1S/C26H25Cl2N3O4/c1-15-5-8-18(13-19(15)27)30-24(33)17-7-10-22(29-14-17)23(32)12-16-6-9-21(20(28)11-16)31-25(34)35-26(2,3)4/h5-11,13-14H,12H2,1-4H3,(H,30,33)(H,31,34). The molecule has 9 heteroatoms. The van der Waals surface area contributed by atoms with Crippen molar-refractivity contribution >= 4 is 52.4 Å². The van der Waals surface area contributed by atoms with E-state index < -0.39 is 11.7 Å². The Bertz CT molecular complexity index is 1270. The van der Waals surface area contributed by atoms with Gasteiger partial charge in [-0.15, -0.1) is 0 Å². The predicted molar refractivity (Wildman–Crippen MR) is 138 cm³/mol. The van der Waals surface area contributed by atoms with Gasteiger partial charge >= 0.3 is 6.09 Å². The fourth-order valence-corrected chi connectivity index (χ4v) is 3.46. The number of amides is 2. The summed E-state index contributed by atoms with van der Waals surface area (Å²) in [5.41, 5.74) is 2.37. The Morgan fingerprint density at radius 2 is 1.69 bits per heavy atom. The Morgan fingerprint density at radius 1 is 0.943 bits per heavy atom. The number of halogens is 2. The number of ketones is 1. The number of Topliss-reactive ketones (excluding diaryl/α,β-unsaturated/α-hetero) is 1. The number of nitrogens with zero attached hydrogens (tertiary/aromatic N) is 1. The predicted octanol–water partition coefficient (Wildman–Crippen LogP) is 6.72. The van der Waals surface area contributed by atoms with Crippen LogP contribution < -0.4 is 10.6 Å². The number of benzene rings is 2. The first-order chi connectivity index (χ1) is 16.4. The van der Waals surface area contributed by atoms with Gasteiger partial charge in [-0.3, -0.25) is 19.9 Å². The number of pyridine rings is 1. The molecule has 0 unspecified atom stereocenters. The third-order valence-corrected chi connectivity index (χ3v) is 5.49. The van der Waals surface area contributed by atoms with Crippen LogP contribution in [0.3, 0.4) is 0 Å². The van der Waals surface area contributed by atoms with Crippen LogP contribution in [-0.2, 0) is 11.2 Å². The van der Waals surface area contributed by atoms with Crippen molar-refractivity contribution in [3.8, 4) is 0 Å². The average molecular weight is 514 g/mol. The van der Waals surface area contributed by atoms with Gasteiger partial charge < -0.3 is 10.1 Å². The van der Waals surface area contributed by atoms with E-state index in [-0.39, 0.29) is 28.8 Å². The molecule has 2 N–H and O–H groups in total. The molecule has 3 rings (SSSR count). The molecular weight excluding hydrogens is 489 g/mol. The highest BCUT2D eigenvalue weighted by Gasteiger charge is 2.18.